The van der Waals surface area contributed by atoms with E-state index in [1.54, 1.807) is 18.4 Å². The van der Waals surface area contributed by atoms with Crippen LogP contribution in [0.1, 0.15) is 11.3 Å². The van der Waals surface area contributed by atoms with Crippen LogP contribution < -0.4 is 10.0 Å². The van der Waals surface area contributed by atoms with Gasteiger partial charge < -0.3 is 5.32 Å². The zero-order valence-electron chi connectivity index (χ0n) is 10.8. The lowest BCUT2D eigenvalue weighted by Crippen LogP contribution is -2.40. The maximum atomic E-state index is 11.9. The summed E-state index contributed by atoms with van der Waals surface area (Å²) in [6, 6.07) is 3.98. The standard InChI is InChI=1S/C11H21N3O2S2/c1-12-7-4-9-14(2)18(15,16)13-8-6-11-5-3-10-17-11/h3,5,10,12-13H,4,6-9H2,1-2H3. The zero-order valence-corrected chi connectivity index (χ0v) is 12.5. The lowest BCUT2D eigenvalue weighted by Gasteiger charge is -2.17. The molecule has 1 aromatic rings. The first-order chi connectivity index (χ1) is 8.56. The predicted molar refractivity (Wildman–Crippen MR) is 76.1 cm³/mol. The zero-order chi connectivity index (χ0) is 13.4. The second-order valence-electron chi connectivity index (χ2n) is 4.01. The van der Waals surface area contributed by atoms with Crippen LogP contribution in [0.4, 0.5) is 0 Å². The molecule has 0 amide bonds. The third-order valence-electron chi connectivity index (χ3n) is 2.55. The summed E-state index contributed by atoms with van der Waals surface area (Å²) in [6.07, 6.45) is 1.54. The van der Waals surface area contributed by atoms with Gasteiger partial charge >= 0.3 is 0 Å². The Balaban J connectivity index is 2.30. The van der Waals surface area contributed by atoms with Crippen molar-refractivity contribution in [2.24, 2.45) is 0 Å². The van der Waals surface area contributed by atoms with E-state index in [0.29, 0.717) is 13.1 Å². The molecule has 18 heavy (non-hydrogen) atoms. The van der Waals surface area contributed by atoms with Crippen molar-refractivity contribution < 1.29 is 8.42 Å². The highest BCUT2D eigenvalue weighted by Gasteiger charge is 2.15. The van der Waals surface area contributed by atoms with Gasteiger partial charge in [0.1, 0.15) is 0 Å². The molecule has 0 radical (unpaired) electrons. The molecule has 0 unspecified atom stereocenters. The first-order valence-corrected chi connectivity index (χ1v) is 8.26. The van der Waals surface area contributed by atoms with Gasteiger partial charge in [-0.1, -0.05) is 6.07 Å². The molecule has 1 aromatic heterocycles. The Morgan fingerprint density at radius 2 is 2.17 bits per heavy atom. The summed E-state index contributed by atoms with van der Waals surface area (Å²) < 4.78 is 27.7. The molecule has 7 heteroatoms. The van der Waals surface area contributed by atoms with Gasteiger partial charge in [0, 0.05) is 25.0 Å². The Morgan fingerprint density at radius 1 is 1.39 bits per heavy atom. The minimum atomic E-state index is -3.33. The van der Waals surface area contributed by atoms with Gasteiger partial charge in [-0.25, -0.2) is 4.72 Å². The van der Waals surface area contributed by atoms with Crippen LogP contribution in [0, 0.1) is 0 Å². The van der Waals surface area contributed by atoms with Crippen molar-refractivity contribution in [3.63, 3.8) is 0 Å². The summed E-state index contributed by atoms with van der Waals surface area (Å²) in [5.74, 6) is 0. The normalized spacial score (nSPS) is 12.2. The van der Waals surface area contributed by atoms with Crippen LogP contribution >= 0.6 is 11.3 Å². The van der Waals surface area contributed by atoms with Crippen molar-refractivity contribution in [2.75, 3.05) is 33.7 Å². The molecule has 0 spiro atoms. The average Bonchev–Trinajstić information content (AvgIpc) is 2.82. The van der Waals surface area contributed by atoms with E-state index in [9.17, 15) is 8.42 Å². The second kappa shape index (κ2) is 7.85. The Kier molecular flexibility index (Phi) is 6.80. The van der Waals surface area contributed by atoms with Crippen LogP contribution in [0.2, 0.25) is 0 Å². The molecule has 0 bridgehead atoms. The van der Waals surface area contributed by atoms with Gasteiger partial charge in [-0.3, -0.25) is 0 Å². The molecule has 0 fully saturated rings. The summed E-state index contributed by atoms with van der Waals surface area (Å²) in [5.41, 5.74) is 0. The molecule has 0 aliphatic heterocycles. The number of hydrogen-bond donors (Lipinski definition) is 2. The highest BCUT2D eigenvalue weighted by Crippen LogP contribution is 2.08. The van der Waals surface area contributed by atoms with Gasteiger partial charge in [0.2, 0.25) is 0 Å². The molecule has 1 rings (SSSR count). The van der Waals surface area contributed by atoms with Crippen molar-refractivity contribution in [3.05, 3.63) is 22.4 Å². The lowest BCUT2D eigenvalue weighted by atomic mass is 10.3. The summed E-state index contributed by atoms with van der Waals surface area (Å²) in [4.78, 5) is 1.19. The Morgan fingerprint density at radius 3 is 2.78 bits per heavy atom. The van der Waals surface area contributed by atoms with Crippen molar-refractivity contribution in [3.8, 4) is 0 Å². The van der Waals surface area contributed by atoms with Crippen LogP contribution in [0.15, 0.2) is 17.5 Å². The van der Waals surface area contributed by atoms with Crippen molar-refractivity contribution in [1.82, 2.24) is 14.3 Å². The lowest BCUT2D eigenvalue weighted by molar-refractivity contribution is 0.448. The van der Waals surface area contributed by atoms with Gasteiger partial charge in [0.15, 0.2) is 0 Å². The summed E-state index contributed by atoms with van der Waals surface area (Å²) in [6.45, 7) is 1.78. The number of nitrogens with one attached hydrogen (secondary N) is 2. The monoisotopic (exact) mass is 291 g/mol. The van der Waals surface area contributed by atoms with Crippen molar-refractivity contribution >= 4 is 21.5 Å². The van der Waals surface area contributed by atoms with Gasteiger partial charge in [0.25, 0.3) is 10.2 Å². The first-order valence-electron chi connectivity index (χ1n) is 5.94. The van der Waals surface area contributed by atoms with Gasteiger partial charge in [-0.2, -0.15) is 12.7 Å². The molecular weight excluding hydrogens is 270 g/mol. The smallest absolute Gasteiger partial charge is 0.279 e. The van der Waals surface area contributed by atoms with E-state index in [1.807, 2.05) is 24.6 Å². The Bertz CT molecular complexity index is 418. The van der Waals surface area contributed by atoms with E-state index in [-0.39, 0.29) is 0 Å². The molecule has 0 saturated carbocycles. The summed E-state index contributed by atoms with van der Waals surface area (Å²) in [5, 5.41) is 4.99. The minimum Gasteiger partial charge on any atom is -0.320 e. The van der Waals surface area contributed by atoms with Crippen molar-refractivity contribution in [2.45, 2.75) is 12.8 Å². The molecular formula is C11H21N3O2S2. The summed E-state index contributed by atoms with van der Waals surface area (Å²) in [7, 11) is 0.121. The minimum absolute atomic E-state index is 0.444. The maximum Gasteiger partial charge on any atom is 0.279 e. The molecule has 0 aromatic carbocycles. The van der Waals surface area contributed by atoms with E-state index in [4.69, 9.17) is 0 Å². The van der Waals surface area contributed by atoms with Gasteiger partial charge in [-0.05, 0) is 37.9 Å². The van der Waals surface area contributed by atoms with E-state index in [2.05, 4.69) is 10.0 Å². The number of thiophene rings is 1. The van der Waals surface area contributed by atoms with E-state index < -0.39 is 10.2 Å². The quantitative estimate of drug-likeness (QED) is 0.657. The van der Waals surface area contributed by atoms with E-state index in [0.717, 1.165) is 19.4 Å². The second-order valence-corrected chi connectivity index (χ2v) is 6.90. The Labute approximate surface area is 113 Å². The number of rotatable bonds is 9. The topological polar surface area (TPSA) is 61.4 Å². The van der Waals surface area contributed by atoms with Crippen LogP contribution in [0.5, 0.6) is 0 Å². The molecule has 0 aliphatic rings. The molecule has 0 saturated heterocycles. The largest absolute Gasteiger partial charge is 0.320 e. The molecule has 0 atom stereocenters. The molecule has 0 aliphatic carbocycles. The highest BCUT2D eigenvalue weighted by atomic mass is 32.2. The number of hydrogen-bond acceptors (Lipinski definition) is 4. The molecule has 2 N–H and O–H groups in total. The Hall–Kier alpha value is -0.470. The number of nitrogens with zero attached hydrogens (tertiary/aromatic N) is 1. The highest BCUT2D eigenvalue weighted by molar-refractivity contribution is 7.87. The first kappa shape index (κ1) is 15.6. The van der Waals surface area contributed by atoms with Crippen LogP contribution in [-0.4, -0.2) is 46.5 Å². The third kappa shape index (κ3) is 5.45. The predicted octanol–water partition coefficient (Wildman–Crippen LogP) is 0.666. The molecule has 5 nitrogen and oxygen atoms in total. The summed E-state index contributed by atoms with van der Waals surface area (Å²) >= 11 is 1.64. The fraction of sp³-hybridized carbons (Fsp3) is 0.636. The van der Waals surface area contributed by atoms with Crippen molar-refractivity contribution in [1.29, 1.82) is 0 Å². The van der Waals surface area contributed by atoms with Crippen LogP contribution in [0.25, 0.3) is 0 Å². The van der Waals surface area contributed by atoms with E-state index >= 15 is 0 Å². The SMILES string of the molecule is CNCCCN(C)S(=O)(=O)NCCc1cccs1. The third-order valence-corrected chi connectivity index (χ3v) is 5.05. The van der Waals surface area contributed by atoms with Crippen LogP contribution in [-0.2, 0) is 16.6 Å². The molecule has 104 valence electrons. The maximum absolute atomic E-state index is 11.9. The molecule has 1 heterocycles. The van der Waals surface area contributed by atoms with Gasteiger partial charge in [0.05, 0.1) is 0 Å². The van der Waals surface area contributed by atoms with Crippen LogP contribution in [0.3, 0.4) is 0 Å². The fourth-order valence-corrected chi connectivity index (χ4v) is 3.13. The van der Waals surface area contributed by atoms with E-state index in [1.165, 1.54) is 9.18 Å². The van der Waals surface area contributed by atoms with Gasteiger partial charge in [-0.15, -0.1) is 11.3 Å². The fourth-order valence-electron chi connectivity index (χ4n) is 1.47. The average molecular weight is 291 g/mol.